The number of hydrogen-bond donors (Lipinski definition) is 1. The third-order valence-corrected chi connectivity index (χ3v) is 6.65. The van der Waals surface area contributed by atoms with Crippen molar-refractivity contribution in [3.05, 3.63) is 93.3 Å². The molecule has 0 unspecified atom stereocenters. The second-order valence-corrected chi connectivity index (χ2v) is 9.25. The molecule has 2 aromatic heterocycles. The van der Waals surface area contributed by atoms with Crippen molar-refractivity contribution in [3.8, 4) is 0 Å². The second-order valence-electron chi connectivity index (χ2n) is 9.25. The van der Waals surface area contributed by atoms with E-state index in [9.17, 15) is 14.4 Å². The fourth-order valence-electron chi connectivity index (χ4n) is 4.40. The van der Waals surface area contributed by atoms with Crippen molar-refractivity contribution in [2.75, 3.05) is 6.54 Å². The Morgan fingerprint density at radius 2 is 1.94 bits per heavy atom. The summed E-state index contributed by atoms with van der Waals surface area (Å²) in [5.74, 6) is -0.423. The number of amides is 2. The Morgan fingerprint density at radius 1 is 1.15 bits per heavy atom. The average Bonchev–Trinajstić information content (AvgIpc) is 3.30. The van der Waals surface area contributed by atoms with E-state index in [1.54, 1.807) is 15.5 Å². The number of furan rings is 1. The van der Waals surface area contributed by atoms with E-state index in [1.807, 2.05) is 43.5 Å². The first-order chi connectivity index (χ1) is 15.9. The summed E-state index contributed by atoms with van der Waals surface area (Å²) < 4.78 is 6.69. The van der Waals surface area contributed by atoms with E-state index < -0.39 is 0 Å². The number of nitrogens with zero attached hydrogens (tertiary/aromatic N) is 2. The van der Waals surface area contributed by atoms with Crippen molar-refractivity contribution in [3.63, 3.8) is 0 Å². The highest BCUT2D eigenvalue weighted by molar-refractivity contribution is 5.97. The molecule has 1 saturated carbocycles. The molecule has 1 N–H and O–H groups in total. The second kappa shape index (κ2) is 8.39. The Hall–Kier alpha value is -3.61. The molecule has 5 rings (SSSR count). The predicted molar refractivity (Wildman–Crippen MR) is 123 cm³/mol. The van der Waals surface area contributed by atoms with Crippen molar-refractivity contribution >= 4 is 11.8 Å². The Kier molecular flexibility index (Phi) is 5.40. The SMILES string of the molecule is CC1(NC(=O)c2c3c(cn(CCc4ccccc4)c2=O)CN(C(=O)c2ccoc2)CC3)CC1. The van der Waals surface area contributed by atoms with Crippen LogP contribution in [-0.2, 0) is 25.9 Å². The minimum atomic E-state index is -0.306. The van der Waals surface area contributed by atoms with Gasteiger partial charge in [0.05, 0.1) is 11.8 Å². The molecule has 3 aromatic rings. The van der Waals surface area contributed by atoms with Gasteiger partial charge in [-0.25, -0.2) is 0 Å². The maximum atomic E-state index is 13.4. The van der Waals surface area contributed by atoms with Crippen molar-refractivity contribution < 1.29 is 14.0 Å². The summed E-state index contributed by atoms with van der Waals surface area (Å²) in [5.41, 5.74) is 2.96. The highest BCUT2D eigenvalue weighted by atomic mass is 16.3. The van der Waals surface area contributed by atoms with Crippen molar-refractivity contribution in [2.24, 2.45) is 0 Å². The Labute approximate surface area is 192 Å². The number of carbonyl (C=O) groups excluding carboxylic acids is 2. The molecule has 33 heavy (non-hydrogen) atoms. The van der Waals surface area contributed by atoms with Gasteiger partial charge in [-0.05, 0) is 55.4 Å². The van der Waals surface area contributed by atoms with Gasteiger partial charge < -0.3 is 19.2 Å². The van der Waals surface area contributed by atoms with Gasteiger partial charge >= 0.3 is 0 Å². The topological polar surface area (TPSA) is 84.5 Å². The van der Waals surface area contributed by atoms with Crippen LogP contribution in [0.5, 0.6) is 0 Å². The Bertz CT molecular complexity index is 1240. The number of pyridine rings is 1. The molecule has 1 aromatic carbocycles. The van der Waals surface area contributed by atoms with E-state index in [0.29, 0.717) is 38.0 Å². The average molecular weight is 446 g/mol. The van der Waals surface area contributed by atoms with Crippen LogP contribution < -0.4 is 10.9 Å². The minimum Gasteiger partial charge on any atom is -0.472 e. The number of nitrogens with one attached hydrogen (secondary N) is 1. The molecule has 2 aliphatic rings. The van der Waals surface area contributed by atoms with Crippen LogP contribution in [-0.4, -0.2) is 33.4 Å². The number of benzene rings is 1. The first kappa shape index (κ1) is 21.2. The van der Waals surface area contributed by atoms with Gasteiger partial charge in [0.15, 0.2) is 0 Å². The smallest absolute Gasteiger partial charge is 0.263 e. The standard InChI is InChI=1S/C26H27N3O4/c1-26(10-11-26)27-23(30)22-21-8-13-28(24(31)19-9-14-33-17-19)15-20(21)16-29(25(22)32)12-7-18-5-3-2-4-6-18/h2-6,9,14,16-17H,7-8,10-13,15H2,1H3,(H,27,30). The van der Waals surface area contributed by atoms with E-state index in [1.165, 1.54) is 12.5 Å². The number of aromatic nitrogens is 1. The van der Waals surface area contributed by atoms with E-state index in [0.717, 1.165) is 29.5 Å². The maximum absolute atomic E-state index is 13.4. The molecular weight excluding hydrogens is 418 g/mol. The highest BCUT2D eigenvalue weighted by Gasteiger charge is 2.40. The van der Waals surface area contributed by atoms with Gasteiger partial charge in [-0.15, -0.1) is 0 Å². The molecule has 0 spiro atoms. The van der Waals surface area contributed by atoms with Gasteiger partial charge in [0.2, 0.25) is 0 Å². The summed E-state index contributed by atoms with van der Waals surface area (Å²) in [6, 6.07) is 11.6. The molecule has 0 bridgehead atoms. The van der Waals surface area contributed by atoms with Crippen molar-refractivity contribution in [1.29, 1.82) is 0 Å². The zero-order valence-electron chi connectivity index (χ0n) is 18.7. The van der Waals surface area contributed by atoms with Crippen LogP contribution in [0.3, 0.4) is 0 Å². The van der Waals surface area contributed by atoms with Crippen LogP contribution >= 0.6 is 0 Å². The van der Waals surface area contributed by atoms with Gasteiger partial charge in [0, 0.05) is 31.4 Å². The molecule has 1 fully saturated rings. The van der Waals surface area contributed by atoms with Crippen LogP contribution in [0.25, 0.3) is 0 Å². The lowest BCUT2D eigenvalue weighted by atomic mass is 9.95. The molecule has 170 valence electrons. The summed E-state index contributed by atoms with van der Waals surface area (Å²) in [4.78, 5) is 41.2. The summed E-state index contributed by atoms with van der Waals surface area (Å²) >= 11 is 0. The van der Waals surface area contributed by atoms with Crippen molar-refractivity contribution in [1.82, 2.24) is 14.8 Å². The number of fused-ring (bicyclic) bond motifs is 1. The molecule has 0 radical (unpaired) electrons. The zero-order chi connectivity index (χ0) is 23.0. The molecule has 1 aliphatic heterocycles. The quantitative estimate of drug-likeness (QED) is 0.632. The molecule has 3 heterocycles. The number of aryl methyl sites for hydroxylation is 2. The summed E-state index contributed by atoms with van der Waals surface area (Å²) in [5, 5.41) is 3.05. The highest BCUT2D eigenvalue weighted by Crippen LogP contribution is 2.34. The molecular formula is C26H27N3O4. The summed E-state index contributed by atoms with van der Waals surface area (Å²) in [7, 11) is 0. The monoisotopic (exact) mass is 445 g/mol. The van der Waals surface area contributed by atoms with Crippen LogP contribution in [0.15, 0.2) is 64.3 Å². The van der Waals surface area contributed by atoms with Gasteiger partial charge in [-0.3, -0.25) is 14.4 Å². The first-order valence-corrected chi connectivity index (χ1v) is 11.4. The molecule has 0 saturated heterocycles. The third-order valence-electron chi connectivity index (χ3n) is 6.65. The van der Waals surface area contributed by atoms with E-state index in [-0.39, 0.29) is 28.5 Å². The fraction of sp³-hybridized carbons (Fsp3) is 0.346. The maximum Gasteiger partial charge on any atom is 0.263 e. The fourth-order valence-corrected chi connectivity index (χ4v) is 4.40. The van der Waals surface area contributed by atoms with Crippen LogP contribution in [0.2, 0.25) is 0 Å². The predicted octanol–water partition coefficient (Wildman–Crippen LogP) is 3.16. The molecule has 2 amide bonds. The first-order valence-electron chi connectivity index (χ1n) is 11.4. The lowest BCUT2D eigenvalue weighted by molar-refractivity contribution is 0.0733. The zero-order valence-corrected chi connectivity index (χ0v) is 18.7. The van der Waals surface area contributed by atoms with Gasteiger partial charge in [-0.1, -0.05) is 30.3 Å². The van der Waals surface area contributed by atoms with Crippen LogP contribution in [0.1, 0.15) is 57.2 Å². The van der Waals surface area contributed by atoms with E-state index in [4.69, 9.17) is 4.42 Å². The Balaban J connectivity index is 1.48. The number of rotatable bonds is 6. The van der Waals surface area contributed by atoms with E-state index >= 15 is 0 Å². The van der Waals surface area contributed by atoms with Gasteiger partial charge in [0.1, 0.15) is 11.8 Å². The molecule has 1 aliphatic carbocycles. The third kappa shape index (κ3) is 4.35. The molecule has 7 heteroatoms. The normalized spacial score (nSPS) is 16.2. The number of hydrogen-bond acceptors (Lipinski definition) is 4. The lowest BCUT2D eigenvalue weighted by Crippen LogP contribution is -2.43. The van der Waals surface area contributed by atoms with Gasteiger partial charge in [0.25, 0.3) is 17.4 Å². The van der Waals surface area contributed by atoms with Crippen LogP contribution in [0.4, 0.5) is 0 Å². The number of carbonyl (C=O) groups is 2. The molecule has 7 nitrogen and oxygen atoms in total. The van der Waals surface area contributed by atoms with E-state index in [2.05, 4.69) is 5.32 Å². The lowest BCUT2D eigenvalue weighted by Gasteiger charge is -2.30. The summed E-state index contributed by atoms with van der Waals surface area (Å²) in [6.07, 6.45) is 7.72. The van der Waals surface area contributed by atoms with Crippen LogP contribution in [0, 0.1) is 0 Å². The summed E-state index contributed by atoms with van der Waals surface area (Å²) in [6.45, 7) is 3.26. The van der Waals surface area contributed by atoms with Gasteiger partial charge in [-0.2, -0.15) is 0 Å². The Morgan fingerprint density at radius 3 is 2.64 bits per heavy atom. The largest absolute Gasteiger partial charge is 0.472 e. The van der Waals surface area contributed by atoms with Crippen molar-refractivity contribution in [2.45, 2.75) is 51.2 Å². The minimum absolute atomic E-state index is 0.118. The molecule has 0 atom stereocenters.